The van der Waals surface area contributed by atoms with Crippen molar-refractivity contribution in [3.63, 3.8) is 0 Å². The lowest BCUT2D eigenvalue weighted by Gasteiger charge is -2.14. The van der Waals surface area contributed by atoms with Gasteiger partial charge in [-0.2, -0.15) is 5.10 Å². The summed E-state index contributed by atoms with van der Waals surface area (Å²) < 4.78 is 1.50. The van der Waals surface area contributed by atoms with E-state index < -0.39 is 0 Å². The number of carbonyl (C=O) groups is 1. The summed E-state index contributed by atoms with van der Waals surface area (Å²) >= 11 is 6.09. The Hall–Kier alpha value is -1.81. The minimum atomic E-state index is -0.218. The van der Waals surface area contributed by atoms with Crippen LogP contribution in [-0.4, -0.2) is 15.7 Å². The van der Waals surface area contributed by atoms with Gasteiger partial charge in [0, 0.05) is 7.05 Å². The number of benzene rings is 1. The summed E-state index contributed by atoms with van der Waals surface area (Å²) in [6.07, 6.45) is 0. The van der Waals surface area contributed by atoms with Gasteiger partial charge in [-0.15, -0.1) is 0 Å². The van der Waals surface area contributed by atoms with Gasteiger partial charge in [0.05, 0.1) is 16.8 Å². The van der Waals surface area contributed by atoms with Crippen molar-refractivity contribution in [3.05, 3.63) is 52.3 Å². The van der Waals surface area contributed by atoms with Crippen molar-refractivity contribution in [2.75, 3.05) is 0 Å². The maximum Gasteiger partial charge on any atom is 0.271 e. The molecule has 1 aromatic heterocycles. The molecule has 1 amide bonds. The standard InChI is InChI=1S/C14H16ClN3O/c1-9(11-7-5-4-6-8-11)16-14(19)13-12(15)10(2)17-18(13)3/h4-9H,1-3H3,(H,16,19). The van der Waals surface area contributed by atoms with Crippen LogP contribution in [-0.2, 0) is 7.05 Å². The topological polar surface area (TPSA) is 46.9 Å². The molecule has 0 spiro atoms. The van der Waals surface area contributed by atoms with Crippen LogP contribution in [0.4, 0.5) is 0 Å². The lowest BCUT2D eigenvalue weighted by atomic mass is 10.1. The maximum absolute atomic E-state index is 12.2. The number of nitrogens with zero attached hydrogens (tertiary/aromatic N) is 2. The Morgan fingerprint density at radius 2 is 2.00 bits per heavy atom. The second-order valence-corrected chi connectivity index (χ2v) is 4.86. The molecule has 0 aliphatic heterocycles. The molecule has 1 heterocycles. The van der Waals surface area contributed by atoms with Crippen molar-refractivity contribution in [3.8, 4) is 0 Å². The van der Waals surface area contributed by atoms with Crippen LogP contribution in [0.1, 0.15) is 34.7 Å². The number of aromatic nitrogens is 2. The quantitative estimate of drug-likeness (QED) is 0.938. The Morgan fingerprint density at radius 1 is 1.37 bits per heavy atom. The molecule has 1 aromatic carbocycles. The second kappa shape index (κ2) is 5.45. The van der Waals surface area contributed by atoms with E-state index in [1.807, 2.05) is 37.3 Å². The number of hydrogen-bond donors (Lipinski definition) is 1. The number of carbonyl (C=O) groups excluding carboxylic acids is 1. The summed E-state index contributed by atoms with van der Waals surface area (Å²) in [4.78, 5) is 12.2. The monoisotopic (exact) mass is 277 g/mol. The van der Waals surface area contributed by atoms with Gasteiger partial charge in [-0.05, 0) is 19.4 Å². The second-order valence-electron chi connectivity index (χ2n) is 4.48. The molecule has 4 nitrogen and oxygen atoms in total. The number of hydrogen-bond acceptors (Lipinski definition) is 2. The molecular weight excluding hydrogens is 262 g/mol. The van der Waals surface area contributed by atoms with E-state index in [-0.39, 0.29) is 11.9 Å². The van der Waals surface area contributed by atoms with Gasteiger partial charge in [-0.1, -0.05) is 41.9 Å². The highest BCUT2D eigenvalue weighted by Gasteiger charge is 2.20. The Balaban J connectivity index is 2.18. The maximum atomic E-state index is 12.2. The molecule has 0 saturated carbocycles. The molecule has 0 radical (unpaired) electrons. The van der Waals surface area contributed by atoms with Gasteiger partial charge in [0.15, 0.2) is 0 Å². The Bertz CT molecular complexity index is 592. The first-order valence-corrected chi connectivity index (χ1v) is 6.43. The van der Waals surface area contributed by atoms with Gasteiger partial charge in [0.25, 0.3) is 5.91 Å². The summed E-state index contributed by atoms with van der Waals surface area (Å²) in [5, 5.41) is 7.46. The molecule has 0 bridgehead atoms. The van der Waals surface area contributed by atoms with Gasteiger partial charge < -0.3 is 5.32 Å². The molecule has 0 aliphatic carbocycles. The van der Waals surface area contributed by atoms with Crippen molar-refractivity contribution >= 4 is 17.5 Å². The Morgan fingerprint density at radius 3 is 2.53 bits per heavy atom. The Kier molecular flexibility index (Phi) is 3.90. The molecule has 1 unspecified atom stereocenters. The first-order valence-electron chi connectivity index (χ1n) is 6.05. The molecule has 0 aliphatic rings. The molecule has 2 rings (SSSR count). The number of amides is 1. The van der Waals surface area contributed by atoms with E-state index in [1.165, 1.54) is 4.68 Å². The van der Waals surface area contributed by atoms with E-state index >= 15 is 0 Å². The largest absolute Gasteiger partial charge is 0.344 e. The van der Waals surface area contributed by atoms with E-state index in [0.29, 0.717) is 16.4 Å². The first kappa shape index (κ1) is 13.6. The molecule has 19 heavy (non-hydrogen) atoms. The molecule has 1 atom stereocenters. The van der Waals surface area contributed by atoms with Gasteiger partial charge >= 0.3 is 0 Å². The lowest BCUT2D eigenvalue weighted by Crippen LogP contribution is -2.28. The third-order valence-electron chi connectivity index (χ3n) is 3.01. The molecule has 1 N–H and O–H groups in total. The summed E-state index contributed by atoms with van der Waals surface area (Å²) in [5.41, 5.74) is 2.09. The van der Waals surface area contributed by atoms with Crippen molar-refractivity contribution in [1.82, 2.24) is 15.1 Å². The molecule has 5 heteroatoms. The van der Waals surface area contributed by atoms with Crippen LogP contribution in [0, 0.1) is 6.92 Å². The van der Waals surface area contributed by atoms with Gasteiger partial charge in [0.1, 0.15) is 5.69 Å². The predicted octanol–water partition coefficient (Wildman–Crippen LogP) is 2.87. The molecule has 100 valence electrons. The first-order chi connectivity index (χ1) is 9.00. The van der Waals surface area contributed by atoms with Crippen molar-refractivity contribution in [2.45, 2.75) is 19.9 Å². The third-order valence-corrected chi connectivity index (χ3v) is 3.46. The van der Waals surface area contributed by atoms with Crippen molar-refractivity contribution in [1.29, 1.82) is 0 Å². The van der Waals surface area contributed by atoms with E-state index in [4.69, 9.17) is 11.6 Å². The average molecular weight is 278 g/mol. The molecule has 0 fully saturated rings. The van der Waals surface area contributed by atoms with Crippen LogP contribution in [0.2, 0.25) is 5.02 Å². The minimum absolute atomic E-state index is 0.0834. The van der Waals surface area contributed by atoms with Crippen molar-refractivity contribution < 1.29 is 4.79 Å². The zero-order valence-corrected chi connectivity index (χ0v) is 11.9. The van der Waals surface area contributed by atoms with Crippen LogP contribution < -0.4 is 5.32 Å². The van der Waals surface area contributed by atoms with Crippen molar-refractivity contribution in [2.24, 2.45) is 7.05 Å². The molecule has 0 saturated heterocycles. The number of rotatable bonds is 3. The van der Waals surface area contributed by atoms with E-state index in [2.05, 4.69) is 10.4 Å². The predicted molar refractivity (Wildman–Crippen MR) is 75.3 cm³/mol. The van der Waals surface area contributed by atoms with Crippen LogP contribution in [0.25, 0.3) is 0 Å². The van der Waals surface area contributed by atoms with Gasteiger partial charge in [0.2, 0.25) is 0 Å². The highest BCUT2D eigenvalue weighted by atomic mass is 35.5. The van der Waals surface area contributed by atoms with E-state index in [0.717, 1.165) is 5.56 Å². The SMILES string of the molecule is Cc1nn(C)c(C(=O)NC(C)c2ccccc2)c1Cl. The highest BCUT2D eigenvalue weighted by Crippen LogP contribution is 2.20. The smallest absolute Gasteiger partial charge is 0.271 e. The summed E-state index contributed by atoms with van der Waals surface area (Å²) in [7, 11) is 1.71. The zero-order valence-electron chi connectivity index (χ0n) is 11.1. The van der Waals surface area contributed by atoms with Crippen LogP contribution in [0.15, 0.2) is 30.3 Å². The van der Waals surface area contributed by atoms with Crippen LogP contribution >= 0.6 is 11.6 Å². The fraction of sp³-hybridized carbons (Fsp3) is 0.286. The fourth-order valence-electron chi connectivity index (χ4n) is 1.97. The highest BCUT2D eigenvalue weighted by molar-refractivity contribution is 6.34. The normalized spacial score (nSPS) is 12.2. The summed E-state index contributed by atoms with van der Waals surface area (Å²) in [6, 6.07) is 9.69. The lowest BCUT2D eigenvalue weighted by molar-refractivity contribution is 0.0930. The van der Waals surface area contributed by atoms with Gasteiger partial charge in [-0.3, -0.25) is 9.48 Å². The van der Waals surface area contributed by atoms with Crippen LogP contribution in [0.5, 0.6) is 0 Å². The van der Waals surface area contributed by atoms with Gasteiger partial charge in [-0.25, -0.2) is 0 Å². The van der Waals surface area contributed by atoms with E-state index in [1.54, 1.807) is 14.0 Å². The fourth-order valence-corrected chi connectivity index (χ4v) is 2.21. The third kappa shape index (κ3) is 2.79. The number of halogens is 1. The molecule has 2 aromatic rings. The zero-order chi connectivity index (χ0) is 14.0. The number of nitrogens with one attached hydrogen (secondary N) is 1. The summed E-state index contributed by atoms with van der Waals surface area (Å²) in [5.74, 6) is -0.218. The molecular formula is C14H16ClN3O. The summed E-state index contributed by atoms with van der Waals surface area (Å²) in [6.45, 7) is 3.71. The number of aryl methyl sites for hydroxylation is 2. The minimum Gasteiger partial charge on any atom is -0.344 e. The van der Waals surface area contributed by atoms with E-state index in [9.17, 15) is 4.79 Å². The Labute approximate surface area is 117 Å². The van der Waals surface area contributed by atoms with Crippen LogP contribution in [0.3, 0.4) is 0 Å². The average Bonchev–Trinajstić information content (AvgIpc) is 2.64.